The molecule has 82 valence electrons. The Morgan fingerprint density at radius 2 is 2.20 bits per heavy atom. The van der Waals surface area contributed by atoms with E-state index in [1.807, 2.05) is 18.3 Å². The van der Waals surface area contributed by atoms with E-state index in [0.717, 1.165) is 24.0 Å². The van der Waals surface area contributed by atoms with Crippen LogP contribution in [0.4, 0.5) is 5.69 Å². The Morgan fingerprint density at radius 3 is 2.87 bits per heavy atom. The zero-order valence-corrected chi connectivity index (χ0v) is 9.32. The standard InChI is InChI=1S/C12H19N3/c1-15(10-5-2-3-6-10)9-12-11(13)7-4-8-14-12/h4,7-8,10H,2-3,5-6,9,13H2,1H3. The molecule has 0 radical (unpaired) electrons. The van der Waals surface area contributed by atoms with Gasteiger partial charge in [-0.1, -0.05) is 12.8 Å². The molecule has 2 N–H and O–H groups in total. The van der Waals surface area contributed by atoms with E-state index >= 15 is 0 Å². The van der Waals surface area contributed by atoms with E-state index in [1.165, 1.54) is 25.7 Å². The molecular weight excluding hydrogens is 186 g/mol. The van der Waals surface area contributed by atoms with Crippen molar-refractivity contribution in [3.05, 3.63) is 24.0 Å². The first-order chi connectivity index (χ1) is 7.27. The minimum atomic E-state index is 0.728. The molecule has 15 heavy (non-hydrogen) atoms. The lowest BCUT2D eigenvalue weighted by molar-refractivity contribution is 0.235. The number of hydrogen-bond donors (Lipinski definition) is 1. The van der Waals surface area contributed by atoms with Crippen LogP contribution < -0.4 is 5.73 Å². The largest absolute Gasteiger partial charge is 0.397 e. The van der Waals surface area contributed by atoms with E-state index in [9.17, 15) is 0 Å². The molecule has 1 aromatic rings. The van der Waals surface area contributed by atoms with Crippen LogP contribution in [0.1, 0.15) is 31.4 Å². The molecule has 0 atom stereocenters. The quantitative estimate of drug-likeness (QED) is 0.821. The summed E-state index contributed by atoms with van der Waals surface area (Å²) in [6, 6.07) is 4.53. The SMILES string of the molecule is CN(Cc1ncccc1N)C1CCCC1. The van der Waals surface area contributed by atoms with E-state index in [1.54, 1.807) is 0 Å². The normalized spacial score (nSPS) is 17.5. The van der Waals surface area contributed by atoms with Crippen molar-refractivity contribution in [2.75, 3.05) is 12.8 Å². The number of nitrogen functional groups attached to an aromatic ring is 1. The fraction of sp³-hybridized carbons (Fsp3) is 0.583. The van der Waals surface area contributed by atoms with Gasteiger partial charge in [-0.3, -0.25) is 9.88 Å². The second kappa shape index (κ2) is 4.62. The Hall–Kier alpha value is -1.09. The number of aromatic nitrogens is 1. The van der Waals surface area contributed by atoms with Crippen LogP contribution in [-0.2, 0) is 6.54 Å². The van der Waals surface area contributed by atoms with E-state index in [2.05, 4.69) is 16.9 Å². The maximum absolute atomic E-state index is 5.88. The monoisotopic (exact) mass is 205 g/mol. The Kier molecular flexibility index (Phi) is 3.21. The van der Waals surface area contributed by atoms with Crippen LogP contribution in [0, 0.1) is 0 Å². The summed E-state index contributed by atoms with van der Waals surface area (Å²) in [6.07, 6.45) is 7.19. The topological polar surface area (TPSA) is 42.2 Å². The fourth-order valence-electron chi connectivity index (χ4n) is 2.29. The summed E-state index contributed by atoms with van der Waals surface area (Å²) < 4.78 is 0. The Balaban J connectivity index is 1.99. The molecule has 1 aliphatic carbocycles. The molecule has 1 saturated carbocycles. The van der Waals surface area contributed by atoms with Gasteiger partial charge >= 0.3 is 0 Å². The Bertz CT molecular complexity index is 318. The zero-order chi connectivity index (χ0) is 10.7. The highest BCUT2D eigenvalue weighted by Crippen LogP contribution is 2.24. The molecule has 1 heterocycles. The molecule has 3 nitrogen and oxygen atoms in total. The molecule has 0 unspecified atom stereocenters. The van der Waals surface area contributed by atoms with Crippen molar-refractivity contribution in [2.24, 2.45) is 0 Å². The van der Waals surface area contributed by atoms with Crippen molar-refractivity contribution < 1.29 is 0 Å². The van der Waals surface area contributed by atoms with E-state index < -0.39 is 0 Å². The minimum Gasteiger partial charge on any atom is -0.397 e. The minimum absolute atomic E-state index is 0.728. The van der Waals surface area contributed by atoms with Crippen LogP contribution in [0.25, 0.3) is 0 Å². The van der Waals surface area contributed by atoms with Gasteiger partial charge in [-0.05, 0) is 32.0 Å². The molecule has 3 heteroatoms. The van der Waals surface area contributed by atoms with Crippen LogP contribution in [0.15, 0.2) is 18.3 Å². The van der Waals surface area contributed by atoms with Crippen LogP contribution in [0.2, 0.25) is 0 Å². The lowest BCUT2D eigenvalue weighted by Gasteiger charge is -2.23. The second-order valence-corrected chi connectivity index (χ2v) is 4.39. The van der Waals surface area contributed by atoms with Gasteiger partial charge in [0.1, 0.15) is 0 Å². The number of nitrogens with two attached hydrogens (primary N) is 1. The highest BCUT2D eigenvalue weighted by Gasteiger charge is 2.20. The van der Waals surface area contributed by atoms with E-state index in [4.69, 9.17) is 5.73 Å². The summed E-state index contributed by atoms with van der Waals surface area (Å²) in [6.45, 7) is 0.872. The molecule has 0 saturated heterocycles. The summed E-state index contributed by atoms with van der Waals surface area (Å²) in [5.41, 5.74) is 7.69. The first-order valence-electron chi connectivity index (χ1n) is 5.67. The molecular formula is C12H19N3. The van der Waals surface area contributed by atoms with Gasteiger partial charge in [-0.15, -0.1) is 0 Å². The van der Waals surface area contributed by atoms with Crippen LogP contribution >= 0.6 is 0 Å². The average molecular weight is 205 g/mol. The number of hydrogen-bond acceptors (Lipinski definition) is 3. The highest BCUT2D eigenvalue weighted by atomic mass is 15.1. The van der Waals surface area contributed by atoms with Crippen molar-refractivity contribution in [1.29, 1.82) is 0 Å². The van der Waals surface area contributed by atoms with Gasteiger partial charge in [0, 0.05) is 18.8 Å². The van der Waals surface area contributed by atoms with E-state index in [-0.39, 0.29) is 0 Å². The third kappa shape index (κ3) is 2.48. The smallest absolute Gasteiger partial charge is 0.0772 e. The maximum atomic E-state index is 5.88. The summed E-state index contributed by atoms with van der Waals surface area (Å²) >= 11 is 0. The second-order valence-electron chi connectivity index (χ2n) is 4.39. The molecule has 1 fully saturated rings. The van der Waals surface area contributed by atoms with Crippen molar-refractivity contribution >= 4 is 5.69 Å². The first-order valence-corrected chi connectivity index (χ1v) is 5.67. The first kappa shape index (κ1) is 10.4. The van der Waals surface area contributed by atoms with Gasteiger partial charge in [-0.25, -0.2) is 0 Å². The molecule has 0 amide bonds. The van der Waals surface area contributed by atoms with Crippen molar-refractivity contribution in [3.8, 4) is 0 Å². The fourth-order valence-corrected chi connectivity index (χ4v) is 2.29. The predicted molar refractivity (Wildman–Crippen MR) is 62.4 cm³/mol. The van der Waals surface area contributed by atoms with Gasteiger partial charge in [0.15, 0.2) is 0 Å². The zero-order valence-electron chi connectivity index (χ0n) is 9.32. The van der Waals surface area contributed by atoms with Crippen molar-refractivity contribution in [2.45, 2.75) is 38.3 Å². The molecule has 2 rings (SSSR count). The lowest BCUT2D eigenvalue weighted by Crippen LogP contribution is -2.29. The molecule has 0 aromatic carbocycles. The summed E-state index contributed by atoms with van der Waals surface area (Å²) in [4.78, 5) is 6.70. The van der Waals surface area contributed by atoms with Gasteiger partial charge in [0.2, 0.25) is 0 Å². The van der Waals surface area contributed by atoms with Gasteiger partial charge < -0.3 is 5.73 Å². The predicted octanol–water partition coefficient (Wildman–Crippen LogP) is 2.04. The molecule has 0 spiro atoms. The number of pyridine rings is 1. The number of nitrogens with zero attached hydrogens (tertiary/aromatic N) is 2. The summed E-state index contributed by atoms with van der Waals surface area (Å²) in [5, 5.41) is 0. The van der Waals surface area contributed by atoms with Gasteiger partial charge in [-0.2, -0.15) is 0 Å². The highest BCUT2D eigenvalue weighted by molar-refractivity contribution is 5.41. The third-order valence-corrected chi connectivity index (χ3v) is 3.27. The Labute approximate surface area is 91.3 Å². The Morgan fingerprint density at radius 1 is 1.47 bits per heavy atom. The average Bonchev–Trinajstić information content (AvgIpc) is 2.74. The maximum Gasteiger partial charge on any atom is 0.0772 e. The van der Waals surface area contributed by atoms with Crippen LogP contribution in [0.3, 0.4) is 0 Å². The van der Waals surface area contributed by atoms with Gasteiger partial charge in [0.25, 0.3) is 0 Å². The number of rotatable bonds is 3. The van der Waals surface area contributed by atoms with E-state index in [0.29, 0.717) is 0 Å². The van der Waals surface area contributed by atoms with Crippen molar-refractivity contribution in [3.63, 3.8) is 0 Å². The lowest BCUT2D eigenvalue weighted by atomic mass is 10.2. The molecule has 1 aromatic heterocycles. The van der Waals surface area contributed by atoms with Gasteiger partial charge in [0.05, 0.1) is 11.4 Å². The molecule has 1 aliphatic rings. The van der Waals surface area contributed by atoms with Crippen LogP contribution in [0.5, 0.6) is 0 Å². The molecule has 0 aliphatic heterocycles. The summed E-state index contributed by atoms with van der Waals surface area (Å²) in [7, 11) is 2.17. The number of anilines is 1. The third-order valence-electron chi connectivity index (χ3n) is 3.27. The molecule has 0 bridgehead atoms. The van der Waals surface area contributed by atoms with Crippen molar-refractivity contribution in [1.82, 2.24) is 9.88 Å². The summed E-state index contributed by atoms with van der Waals surface area (Å²) in [5.74, 6) is 0. The van der Waals surface area contributed by atoms with Crippen LogP contribution in [-0.4, -0.2) is 23.0 Å².